The Balaban J connectivity index is 2.66. The van der Waals surface area contributed by atoms with Gasteiger partial charge in [0.25, 0.3) is 5.82 Å². The van der Waals surface area contributed by atoms with Crippen LogP contribution in [-0.2, 0) is 19.5 Å². The minimum atomic E-state index is 0.0252. The minimum absolute atomic E-state index is 0.0252. The van der Waals surface area contributed by atoms with Crippen LogP contribution in [0.25, 0.3) is 11.0 Å². The van der Waals surface area contributed by atoms with Gasteiger partial charge in [-0.25, -0.2) is 9.13 Å². The van der Waals surface area contributed by atoms with E-state index in [1.54, 1.807) is 0 Å². The van der Waals surface area contributed by atoms with Gasteiger partial charge in [-0.05, 0) is 19.8 Å². The number of benzene rings is 1. The molecule has 2 aromatic rings. The van der Waals surface area contributed by atoms with Crippen molar-refractivity contribution in [2.24, 2.45) is 5.92 Å². The van der Waals surface area contributed by atoms with E-state index in [0.717, 1.165) is 42.7 Å². The third-order valence-electron chi connectivity index (χ3n) is 5.19. The fourth-order valence-corrected chi connectivity index (χ4v) is 3.89. The maximum Gasteiger partial charge on any atom is 0.257 e. The van der Waals surface area contributed by atoms with Crippen molar-refractivity contribution in [3.8, 4) is 0 Å². The van der Waals surface area contributed by atoms with Gasteiger partial charge in [-0.3, -0.25) is 0 Å². The normalized spacial score (nSPS) is 12.7. The molecular weight excluding hydrogens is 350 g/mol. The number of aliphatic hydroxyl groups is 2. The highest BCUT2D eigenvalue weighted by molar-refractivity contribution is 6.34. The first-order valence-electron chi connectivity index (χ1n) is 9.73. The van der Waals surface area contributed by atoms with E-state index in [9.17, 15) is 10.2 Å². The van der Waals surface area contributed by atoms with E-state index in [1.165, 1.54) is 5.82 Å². The second-order valence-electron chi connectivity index (χ2n) is 6.85. The van der Waals surface area contributed by atoms with E-state index >= 15 is 0 Å². The van der Waals surface area contributed by atoms with E-state index in [0.29, 0.717) is 24.0 Å². The number of hydrogen-bond donors (Lipinski definition) is 2. The molecular formula is C20H33ClN3O2+. The summed E-state index contributed by atoms with van der Waals surface area (Å²) in [4.78, 5) is 1.94. The quantitative estimate of drug-likeness (QED) is 0.621. The first-order valence-corrected chi connectivity index (χ1v) is 10.1. The molecule has 0 aliphatic carbocycles. The van der Waals surface area contributed by atoms with E-state index in [4.69, 9.17) is 11.6 Å². The van der Waals surface area contributed by atoms with Crippen LogP contribution in [-0.4, -0.2) is 41.1 Å². The van der Waals surface area contributed by atoms with Crippen molar-refractivity contribution >= 4 is 28.3 Å². The molecule has 0 saturated heterocycles. The number of hydrogen-bond acceptors (Lipinski definition) is 3. The van der Waals surface area contributed by atoms with Gasteiger partial charge < -0.3 is 15.1 Å². The number of imidazole rings is 1. The molecule has 2 N–H and O–H groups in total. The first-order chi connectivity index (χ1) is 12.5. The number of halogens is 1. The molecule has 0 amide bonds. The number of fused-ring (bicyclic) bond motifs is 1. The Hall–Kier alpha value is -1.30. The molecule has 1 heterocycles. The zero-order valence-electron chi connectivity index (χ0n) is 16.5. The van der Waals surface area contributed by atoms with Crippen LogP contribution in [0, 0.1) is 5.92 Å². The molecule has 0 aliphatic rings. The molecule has 0 saturated carbocycles. The van der Waals surface area contributed by atoms with E-state index in [2.05, 4.69) is 42.9 Å². The largest absolute Gasteiger partial charge is 0.395 e. The summed E-state index contributed by atoms with van der Waals surface area (Å²) in [5, 5.41) is 19.4. The van der Waals surface area contributed by atoms with Gasteiger partial charge in [0, 0.05) is 25.2 Å². The standard InChI is InChI=1S/C20H33ClN3O2/c1-5-15(4)12-20-23(6-2)18-13-16(21)17(14-19(18)24(20)7-3)22(8-10-25)9-11-26/h13-15,25-26H,5-12H2,1-4H3/q+1. The van der Waals surface area contributed by atoms with E-state index in [1.807, 2.05) is 11.0 Å². The van der Waals surface area contributed by atoms with Gasteiger partial charge in [0.1, 0.15) is 0 Å². The van der Waals surface area contributed by atoms with Gasteiger partial charge >= 0.3 is 0 Å². The number of aliphatic hydroxyl groups excluding tert-OH is 2. The van der Waals surface area contributed by atoms with Gasteiger partial charge in [0.05, 0.1) is 43.4 Å². The fraction of sp³-hybridized carbons (Fsp3) is 0.650. The number of rotatable bonds is 10. The fourth-order valence-electron chi connectivity index (χ4n) is 3.62. The van der Waals surface area contributed by atoms with Crippen molar-refractivity contribution in [2.75, 3.05) is 31.2 Å². The summed E-state index contributed by atoms with van der Waals surface area (Å²) in [6.45, 7) is 11.6. The van der Waals surface area contributed by atoms with Crippen molar-refractivity contribution in [1.82, 2.24) is 4.57 Å². The molecule has 1 aromatic carbocycles. The molecule has 0 aliphatic heterocycles. The smallest absolute Gasteiger partial charge is 0.257 e. The lowest BCUT2D eigenvalue weighted by Crippen LogP contribution is -2.38. The van der Waals surface area contributed by atoms with E-state index in [-0.39, 0.29) is 13.2 Å². The minimum Gasteiger partial charge on any atom is -0.395 e. The highest BCUT2D eigenvalue weighted by atomic mass is 35.5. The maximum absolute atomic E-state index is 9.37. The first kappa shape index (κ1) is 21.0. The Morgan fingerprint density at radius 2 is 1.81 bits per heavy atom. The summed E-state index contributed by atoms with van der Waals surface area (Å²) < 4.78 is 4.74. The molecule has 146 valence electrons. The van der Waals surface area contributed by atoms with E-state index < -0.39 is 0 Å². The molecule has 0 radical (unpaired) electrons. The number of anilines is 1. The SMILES string of the molecule is CCC(C)Cc1n(CC)c2cc(Cl)c(N(CCO)CCO)cc2[n+]1CC. The Labute approximate surface area is 161 Å². The Kier molecular flexibility index (Phi) is 7.74. The predicted molar refractivity (Wildman–Crippen MR) is 108 cm³/mol. The van der Waals surface area contributed by atoms with Gasteiger partial charge in [-0.2, -0.15) is 0 Å². The van der Waals surface area contributed by atoms with Crippen LogP contribution in [0.2, 0.25) is 5.02 Å². The second-order valence-corrected chi connectivity index (χ2v) is 7.26. The van der Waals surface area contributed by atoms with Gasteiger partial charge in [-0.1, -0.05) is 31.9 Å². The van der Waals surface area contributed by atoms with Crippen LogP contribution in [0.3, 0.4) is 0 Å². The summed E-state index contributed by atoms with van der Waals surface area (Å²) in [6.07, 6.45) is 2.19. The van der Waals surface area contributed by atoms with Crippen LogP contribution < -0.4 is 9.47 Å². The second kappa shape index (κ2) is 9.58. The molecule has 2 rings (SSSR count). The average molecular weight is 383 g/mol. The highest BCUT2D eigenvalue weighted by Gasteiger charge is 2.26. The predicted octanol–water partition coefficient (Wildman–Crippen LogP) is 3.00. The Morgan fingerprint density at radius 3 is 2.31 bits per heavy atom. The molecule has 26 heavy (non-hydrogen) atoms. The molecule has 6 heteroatoms. The molecule has 0 bridgehead atoms. The van der Waals surface area contributed by atoms with Crippen molar-refractivity contribution in [3.05, 3.63) is 23.0 Å². The summed E-state index contributed by atoms with van der Waals surface area (Å²) in [5.41, 5.74) is 3.18. The lowest BCUT2D eigenvalue weighted by Gasteiger charge is -2.23. The van der Waals surface area contributed by atoms with Crippen molar-refractivity contribution < 1.29 is 14.8 Å². The summed E-state index contributed by atoms with van der Waals surface area (Å²) >= 11 is 6.61. The third-order valence-corrected chi connectivity index (χ3v) is 5.49. The lowest BCUT2D eigenvalue weighted by molar-refractivity contribution is -0.676. The van der Waals surface area contributed by atoms with Gasteiger partial charge in [0.15, 0.2) is 11.0 Å². The van der Waals surface area contributed by atoms with Crippen LogP contribution in [0.15, 0.2) is 12.1 Å². The monoisotopic (exact) mass is 382 g/mol. The lowest BCUT2D eigenvalue weighted by atomic mass is 10.0. The van der Waals surface area contributed by atoms with Gasteiger partial charge in [0.2, 0.25) is 0 Å². The number of aromatic nitrogens is 2. The molecule has 0 fully saturated rings. The van der Waals surface area contributed by atoms with Crippen LogP contribution >= 0.6 is 11.6 Å². The topological polar surface area (TPSA) is 52.5 Å². The molecule has 5 nitrogen and oxygen atoms in total. The van der Waals surface area contributed by atoms with Crippen molar-refractivity contribution in [1.29, 1.82) is 0 Å². The summed E-state index contributed by atoms with van der Waals surface area (Å²) in [5.74, 6) is 1.96. The number of nitrogens with zero attached hydrogens (tertiary/aromatic N) is 3. The third kappa shape index (κ3) is 4.16. The Morgan fingerprint density at radius 1 is 1.15 bits per heavy atom. The Bertz CT molecular complexity index is 724. The van der Waals surface area contributed by atoms with Gasteiger partial charge in [-0.15, -0.1) is 0 Å². The summed E-state index contributed by atoms with van der Waals surface area (Å²) in [6, 6.07) is 4.14. The average Bonchev–Trinajstić information content (AvgIpc) is 2.91. The van der Waals surface area contributed by atoms with Crippen LogP contribution in [0.4, 0.5) is 5.69 Å². The molecule has 1 aromatic heterocycles. The molecule has 0 spiro atoms. The number of aryl methyl sites for hydroxylation is 2. The molecule has 1 atom stereocenters. The summed E-state index contributed by atoms with van der Waals surface area (Å²) in [7, 11) is 0. The van der Waals surface area contributed by atoms with Crippen LogP contribution in [0.5, 0.6) is 0 Å². The van der Waals surface area contributed by atoms with Crippen molar-refractivity contribution in [3.63, 3.8) is 0 Å². The zero-order valence-corrected chi connectivity index (χ0v) is 17.3. The highest BCUT2D eigenvalue weighted by Crippen LogP contribution is 2.31. The zero-order chi connectivity index (χ0) is 19.3. The van der Waals surface area contributed by atoms with Crippen LogP contribution in [0.1, 0.15) is 39.9 Å². The maximum atomic E-state index is 9.37. The molecule has 1 unspecified atom stereocenters. The van der Waals surface area contributed by atoms with Crippen molar-refractivity contribution in [2.45, 2.75) is 53.6 Å².